The fourth-order valence-corrected chi connectivity index (χ4v) is 3.09. The Bertz CT molecular complexity index is 605. The molecule has 0 unspecified atom stereocenters. The van der Waals surface area contributed by atoms with Crippen LogP contribution in [0, 0.1) is 0 Å². The molecule has 5 nitrogen and oxygen atoms in total. The number of nitrogens with zero attached hydrogens (tertiary/aromatic N) is 2. The van der Waals surface area contributed by atoms with E-state index in [-0.39, 0.29) is 0 Å². The van der Waals surface area contributed by atoms with Gasteiger partial charge in [0.25, 0.3) is 0 Å². The molecule has 1 N–H and O–H groups in total. The Morgan fingerprint density at radius 3 is 2.95 bits per heavy atom. The maximum Gasteiger partial charge on any atom is 0.162 e. The summed E-state index contributed by atoms with van der Waals surface area (Å²) in [4.78, 5) is 1.10. The van der Waals surface area contributed by atoms with E-state index in [1.165, 1.54) is 5.56 Å². The number of ether oxygens (including phenoxy) is 2. The molecule has 0 aliphatic carbocycles. The largest absolute Gasteiger partial charge is 0.486 e. The van der Waals surface area contributed by atoms with E-state index in [9.17, 15) is 0 Å². The third-order valence-electron chi connectivity index (χ3n) is 3.18. The highest BCUT2D eigenvalue weighted by Gasteiger charge is 2.16. The molecule has 0 fully saturated rings. The molecule has 0 atom stereocenters. The van der Waals surface area contributed by atoms with Gasteiger partial charge >= 0.3 is 0 Å². The predicted octanol–water partition coefficient (Wildman–Crippen LogP) is 1.81. The van der Waals surface area contributed by atoms with Gasteiger partial charge in [-0.05, 0) is 18.2 Å². The normalized spacial score (nSPS) is 16.4. The van der Waals surface area contributed by atoms with E-state index in [2.05, 4.69) is 16.6 Å². The molecule has 0 saturated carbocycles. The van der Waals surface area contributed by atoms with Crippen molar-refractivity contribution in [2.24, 2.45) is 0 Å². The highest BCUT2D eigenvalue weighted by molar-refractivity contribution is 7.97. The van der Waals surface area contributed by atoms with E-state index in [1.54, 1.807) is 11.9 Å². The van der Waals surface area contributed by atoms with E-state index in [4.69, 9.17) is 9.47 Å². The lowest BCUT2D eigenvalue weighted by Crippen LogP contribution is -2.15. The Morgan fingerprint density at radius 2 is 2.05 bits per heavy atom. The van der Waals surface area contributed by atoms with Crippen molar-refractivity contribution in [3.63, 3.8) is 0 Å². The van der Waals surface area contributed by atoms with Crippen LogP contribution >= 0.6 is 11.9 Å². The van der Waals surface area contributed by atoms with Crippen molar-refractivity contribution in [3.05, 3.63) is 35.7 Å². The second-order valence-electron chi connectivity index (χ2n) is 4.50. The van der Waals surface area contributed by atoms with E-state index in [1.807, 2.05) is 22.3 Å². The van der Waals surface area contributed by atoms with Crippen LogP contribution in [0.2, 0.25) is 0 Å². The number of nitrogens with one attached hydrogen (secondary N) is 1. The van der Waals surface area contributed by atoms with Gasteiger partial charge in [0.2, 0.25) is 0 Å². The molecular formula is C13H13N3O2S. The molecule has 98 valence electrons. The van der Waals surface area contributed by atoms with Crippen LogP contribution in [0.5, 0.6) is 11.5 Å². The summed E-state index contributed by atoms with van der Waals surface area (Å²) in [5.41, 5.74) is 2.43. The Balaban J connectivity index is 1.58. The zero-order chi connectivity index (χ0) is 12.7. The van der Waals surface area contributed by atoms with Crippen LogP contribution in [0.15, 0.2) is 29.3 Å². The number of hydrogen-bond acceptors (Lipinski definition) is 5. The number of rotatable bonds is 2. The molecule has 0 amide bonds. The van der Waals surface area contributed by atoms with Crippen LogP contribution in [0.25, 0.3) is 0 Å². The lowest BCUT2D eigenvalue weighted by Gasteiger charge is -2.18. The van der Waals surface area contributed by atoms with Gasteiger partial charge in [-0.3, -0.25) is 0 Å². The van der Waals surface area contributed by atoms with E-state index >= 15 is 0 Å². The number of fused-ring (bicyclic) bond motifs is 2. The van der Waals surface area contributed by atoms with Crippen LogP contribution in [0.4, 0.5) is 0 Å². The summed E-state index contributed by atoms with van der Waals surface area (Å²) in [6.07, 6.45) is 2.08. The average Bonchev–Trinajstić information content (AvgIpc) is 2.99. The topological polar surface area (TPSA) is 48.3 Å². The summed E-state index contributed by atoms with van der Waals surface area (Å²) in [5.74, 6) is 1.64. The molecule has 0 spiro atoms. The van der Waals surface area contributed by atoms with Crippen molar-refractivity contribution in [2.75, 3.05) is 13.2 Å². The van der Waals surface area contributed by atoms with Crippen molar-refractivity contribution < 1.29 is 9.47 Å². The molecule has 1 aromatic carbocycles. The van der Waals surface area contributed by atoms with Crippen LogP contribution in [0.3, 0.4) is 0 Å². The van der Waals surface area contributed by atoms with E-state index in [0.717, 1.165) is 35.2 Å². The highest BCUT2D eigenvalue weighted by atomic mass is 32.2. The van der Waals surface area contributed by atoms with Crippen LogP contribution in [-0.2, 0) is 13.1 Å². The fourth-order valence-electron chi connectivity index (χ4n) is 2.27. The minimum Gasteiger partial charge on any atom is -0.486 e. The molecule has 19 heavy (non-hydrogen) atoms. The molecule has 2 aromatic rings. The van der Waals surface area contributed by atoms with Gasteiger partial charge in [-0.15, -0.1) is 0 Å². The Labute approximate surface area is 115 Å². The van der Waals surface area contributed by atoms with E-state index in [0.29, 0.717) is 13.2 Å². The summed E-state index contributed by atoms with van der Waals surface area (Å²) >= 11 is 1.59. The zero-order valence-corrected chi connectivity index (χ0v) is 11.1. The molecular weight excluding hydrogens is 262 g/mol. The highest BCUT2D eigenvalue weighted by Crippen LogP contribution is 2.34. The lowest BCUT2D eigenvalue weighted by molar-refractivity contribution is 0.171. The minimum absolute atomic E-state index is 0.614. The SMILES string of the molecule is c1cc2c(cc1Sn1cc3c(n1)CNC3)OCCO2. The molecule has 0 radical (unpaired) electrons. The molecule has 0 saturated heterocycles. The van der Waals surface area contributed by atoms with Crippen molar-refractivity contribution >= 4 is 11.9 Å². The standard InChI is InChI=1S/C13H13N3O2S/c1-2-12-13(18-4-3-17-12)5-10(1)19-16-8-9-6-14-7-11(9)15-16/h1-2,5,8,14H,3-4,6-7H2. The van der Waals surface area contributed by atoms with Gasteiger partial charge in [0.05, 0.1) is 5.69 Å². The first-order valence-corrected chi connectivity index (χ1v) is 7.02. The molecule has 2 aliphatic heterocycles. The average molecular weight is 275 g/mol. The van der Waals surface area contributed by atoms with Gasteiger partial charge in [-0.1, -0.05) is 0 Å². The second kappa shape index (κ2) is 4.47. The summed E-state index contributed by atoms with van der Waals surface area (Å²) in [6.45, 7) is 3.02. The van der Waals surface area contributed by atoms with Crippen LogP contribution < -0.4 is 14.8 Å². The fraction of sp³-hybridized carbons (Fsp3) is 0.308. The second-order valence-corrected chi connectivity index (χ2v) is 5.53. The quantitative estimate of drug-likeness (QED) is 0.906. The number of aromatic nitrogens is 2. The van der Waals surface area contributed by atoms with Gasteiger partial charge in [0.15, 0.2) is 11.5 Å². The third kappa shape index (κ3) is 2.06. The van der Waals surface area contributed by atoms with Crippen molar-refractivity contribution in [1.82, 2.24) is 14.5 Å². The predicted molar refractivity (Wildman–Crippen MR) is 71.5 cm³/mol. The maximum atomic E-state index is 5.59. The molecule has 1 aromatic heterocycles. The van der Waals surface area contributed by atoms with Crippen LogP contribution in [0.1, 0.15) is 11.3 Å². The Morgan fingerprint density at radius 1 is 1.16 bits per heavy atom. The van der Waals surface area contributed by atoms with Crippen molar-refractivity contribution in [1.29, 1.82) is 0 Å². The molecule has 2 aliphatic rings. The zero-order valence-electron chi connectivity index (χ0n) is 10.3. The number of benzene rings is 1. The van der Waals surface area contributed by atoms with Gasteiger partial charge in [-0.25, -0.2) is 4.09 Å². The Kier molecular flexibility index (Phi) is 2.63. The summed E-state index contributed by atoms with van der Waals surface area (Å²) in [6, 6.07) is 5.99. The van der Waals surface area contributed by atoms with Gasteiger partial charge in [-0.2, -0.15) is 5.10 Å². The molecule has 6 heteroatoms. The van der Waals surface area contributed by atoms with E-state index < -0.39 is 0 Å². The van der Waals surface area contributed by atoms with Crippen molar-refractivity contribution in [2.45, 2.75) is 18.0 Å². The summed E-state index contributed by atoms with van der Waals surface area (Å²) in [5, 5.41) is 7.82. The third-order valence-corrected chi connectivity index (χ3v) is 4.02. The first-order valence-electron chi connectivity index (χ1n) is 6.25. The summed E-state index contributed by atoms with van der Waals surface area (Å²) in [7, 11) is 0. The molecule has 4 rings (SSSR count). The maximum absolute atomic E-state index is 5.59. The van der Waals surface area contributed by atoms with Gasteiger partial charge in [0, 0.05) is 41.7 Å². The lowest BCUT2D eigenvalue weighted by atomic mass is 10.3. The summed E-state index contributed by atoms with van der Waals surface area (Å²) < 4.78 is 13.0. The minimum atomic E-state index is 0.614. The number of hydrogen-bond donors (Lipinski definition) is 1. The van der Waals surface area contributed by atoms with Gasteiger partial charge < -0.3 is 14.8 Å². The van der Waals surface area contributed by atoms with Gasteiger partial charge in [0.1, 0.15) is 13.2 Å². The smallest absolute Gasteiger partial charge is 0.162 e. The van der Waals surface area contributed by atoms with Crippen LogP contribution in [-0.4, -0.2) is 22.4 Å². The Hall–Kier alpha value is -1.66. The first kappa shape index (κ1) is 11.2. The van der Waals surface area contributed by atoms with Crippen molar-refractivity contribution in [3.8, 4) is 11.5 Å². The molecule has 0 bridgehead atoms. The monoisotopic (exact) mass is 275 g/mol. The first-order chi connectivity index (χ1) is 9.38. The molecule has 3 heterocycles.